The lowest BCUT2D eigenvalue weighted by molar-refractivity contribution is 0.415. The van der Waals surface area contributed by atoms with E-state index in [9.17, 15) is 12.8 Å². The number of halogens is 1. The van der Waals surface area contributed by atoms with E-state index in [-0.39, 0.29) is 10.5 Å². The molecule has 0 amide bonds. The average molecular weight is 386 g/mol. The van der Waals surface area contributed by atoms with E-state index in [4.69, 9.17) is 4.74 Å². The van der Waals surface area contributed by atoms with Crippen molar-refractivity contribution in [1.82, 2.24) is 0 Å². The summed E-state index contributed by atoms with van der Waals surface area (Å²) >= 11 is 0. The van der Waals surface area contributed by atoms with Crippen molar-refractivity contribution in [2.45, 2.75) is 11.8 Å². The smallest absolute Gasteiger partial charge is 0.261 e. The minimum Gasteiger partial charge on any atom is -0.497 e. The highest BCUT2D eigenvalue weighted by Gasteiger charge is 2.15. The number of methoxy groups -OCH3 is 1. The zero-order valence-electron chi connectivity index (χ0n) is 14.9. The first-order chi connectivity index (χ1) is 12.9. The summed E-state index contributed by atoms with van der Waals surface area (Å²) in [5.41, 5.74) is 2.38. The van der Waals surface area contributed by atoms with Crippen molar-refractivity contribution >= 4 is 27.1 Å². The molecule has 0 atom stereocenters. The molecule has 7 heteroatoms. The van der Waals surface area contributed by atoms with Crippen LogP contribution < -0.4 is 14.8 Å². The summed E-state index contributed by atoms with van der Waals surface area (Å²) in [4.78, 5) is 0.0156. The molecule has 27 heavy (non-hydrogen) atoms. The molecule has 0 aliphatic carbocycles. The van der Waals surface area contributed by atoms with E-state index in [1.54, 1.807) is 31.4 Å². The molecule has 0 aliphatic rings. The Morgan fingerprint density at radius 2 is 1.41 bits per heavy atom. The van der Waals surface area contributed by atoms with Crippen molar-refractivity contribution in [2.24, 2.45) is 0 Å². The molecule has 0 spiro atoms. The third-order valence-corrected chi connectivity index (χ3v) is 5.33. The second-order valence-electron chi connectivity index (χ2n) is 5.95. The van der Waals surface area contributed by atoms with E-state index in [2.05, 4.69) is 10.0 Å². The molecule has 5 nitrogen and oxygen atoms in total. The number of benzene rings is 3. The first-order valence-corrected chi connectivity index (χ1v) is 9.66. The Morgan fingerprint density at radius 1 is 0.852 bits per heavy atom. The molecule has 0 radical (unpaired) electrons. The van der Waals surface area contributed by atoms with E-state index in [0.29, 0.717) is 5.69 Å². The maximum absolute atomic E-state index is 13.4. The van der Waals surface area contributed by atoms with Gasteiger partial charge in [-0.05, 0) is 79.2 Å². The fourth-order valence-corrected chi connectivity index (χ4v) is 3.60. The number of hydrogen-bond donors (Lipinski definition) is 2. The first-order valence-electron chi connectivity index (χ1n) is 8.17. The summed E-state index contributed by atoms with van der Waals surface area (Å²) in [5, 5.41) is 3.22. The van der Waals surface area contributed by atoms with Crippen molar-refractivity contribution in [3.63, 3.8) is 0 Å². The SMILES string of the molecule is COc1ccc(Nc2ccc(NS(=O)(=O)c3ccc(F)c(C)c3)cc2)cc1. The molecule has 0 unspecified atom stereocenters. The van der Waals surface area contributed by atoms with Crippen molar-refractivity contribution in [3.05, 3.63) is 78.1 Å². The molecule has 3 rings (SSSR count). The Labute approximate surface area is 157 Å². The van der Waals surface area contributed by atoms with Crippen molar-refractivity contribution < 1.29 is 17.5 Å². The van der Waals surface area contributed by atoms with Gasteiger partial charge in [0.25, 0.3) is 10.0 Å². The highest BCUT2D eigenvalue weighted by Crippen LogP contribution is 2.23. The van der Waals surface area contributed by atoms with Gasteiger partial charge in [-0.15, -0.1) is 0 Å². The Morgan fingerprint density at radius 3 is 1.96 bits per heavy atom. The number of anilines is 3. The molecule has 0 fully saturated rings. The lowest BCUT2D eigenvalue weighted by Gasteiger charge is -2.11. The largest absolute Gasteiger partial charge is 0.497 e. The van der Waals surface area contributed by atoms with Gasteiger partial charge in [0.15, 0.2) is 0 Å². The molecule has 0 aliphatic heterocycles. The summed E-state index contributed by atoms with van der Waals surface area (Å²) in [6.45, 7) is 1.52. The van der Waals surface area contributed by atoms with Crippen LogP contribution in [0, 0.1) is 12.7 Å². The molecule has 0 bridgehead atoms. The summed E-state index contributed by atoms with van der Waals surface area (Å²) in [7, 11) is -2.18. The van der Waals surface area contributed by atoms with Gasteiger partial charge in [-0.25, -0.2) is 12.8 Å². The summed E-state index contributed by atoms with van der Waals surface area (Å²) in [5.74, 6) is 0.323. The summed E-state index contributed by atoms with van der Waals surface area (Å²) < 4.78 is 45.8. The summed E-state index contributed by atoms with van der Waals surface area (Å²) in [6.07, 6.45) is 0. The van der Waals surface area contributed by atoms with E-state index in [1.165, 1.54) is 19.1 Å². The van der Waals surface area contributed by atoms with Crippen LogP contribution in [0.25, 0.3) is 0 Å². The van der Waals surface area contributed by atoms with E-state index < -0.39 is 15.8 Å². The van der Waals surface area contributed by atoms with Crippen molar-refractivity contribution in [1.29, 1.82) is 0 Å². The standard InChI is InChI=1S/C20H19FN2O3S/c1-14-13-19(11-12-20(14)21)27(24,25)23-17-5-3-15(4-6-17)22-16-7-9-18(26-2)10-8-16/h3-13,22-23H,1-2H3. The van der Waals surface area contributed by atoms with Gasteiger partial charge in [0.2, 0.25) is 0 Å². The molecule has 3 aromatic carbocycles. The Balaban J connectivity index is 1.71. The monoisotopic (exact) mass is 386 g/mol. The molecule has 0 aromatic heterocycles. The molecule has 0 heterocycles. The van der Waals surface area contributed by atoms with E-state index in [0.717, 1.165) is 23.2 Å². The van der Waals surface area contributed by atoms with Crippen LogP contribution in [-0.2, 0) is 10.0 Å². The highest BCUT2D eigenvalue weighted by molar-refractivity contribution is 7.92. The Kier molecular flexibility index (Phi) is 5.32. The lowest BCUT2D eigenvalue weighted by atomic mass is 10.2. The lowest BCUT2D eigenvalue weighted by Crippen LogP contribution is -2.13. The van der Waals surface area contributed by atoms with Gasteiger partial charge in [0.1, 0.15) is 11.6 Å². The first kappa shape index (κ1) is 18.7. The molecular weight excluding hydrogens is 367 g/mol. The van der Waals surface area contributed by atoms with Crippen LogP contribution in [0.15, 0.2) is 71.6 Å². The van der Waals surface area contributed by atoms with E-state index in [1.807, 2.05) is 24.3 Å². The van der Waals surface area contributed by atoms with Gasteiger partial charge in [-0.1, -0.05) is 0 Å². The van der Waals surface area contributed by atoms with E-state index >= 15 is 0 Å². The van der Waals surface area contributed by atoms with Gasteiger partial charge >= 0.3 is 0 Å². The zero-order chi connectivity index (χ0) is 19.4. The number of ether oxygens (including phenoxy) is 1. The number of rotatable bonds is 6. The Bertz CT molecular complexity index is 1030. The third kappa shape index (κ3) is 4.57. The molecule has 0 saturated heterocycles. The molecule has 0 saturated carbocycles. The quantitative estimate of drug-likeness (QED) is 0.645. The molecule has 3 aromatic rings. The van der Waals surface area contributed by atoms with Crippen molar-refractivity contribution in [2.75, 3.05) is 17.1 Å². The maximum Gasteiger partial charge on any atom is 0.261 e. The number of hydrogen-bond acceptors (Lipinski definition) is 4. The van der Waals surface area contributed by atoms with Crippen molar-refractivity contribution in [3.8, 4) is 5.75 Å². The highest BCUT2D eigenvalue weighted by atomic mass is 32.2. The second kappa shape index (κ2) is 7.67. The molecule has 140 valence electrons. The zero-order valence-corrected chi connectivity index (χ0v) is 15.7. The third-order valence-electron chi connectivity index (χ3n) is 3.96. The van der Waals surface area contributed by atoms with Crippen LogP contribution in [0.2, 0.25) is 0 Å². The maximum atomic E-state index is 13.4. The van der Waals surface area contributed by atoms with Gasteiger partial charge in [-0.2, -0.15) is 0 Å². The number of aryl methyl sites for hydroxylation is 1. The van der Waals surface area contributed by atoms with Crippen LogP contribution in [-0.4, -0.2) is 15.5 Å². The molecule has 2 N–H and O–H groups in total. The van der Waals surface area contributed by atoms with Gasteiger partial charge < -0.3 is 10.1 Å². The van der Waals surface area contributed by atoms with Crippen LogP contribution in [0.5, 0.6) is 5.75 Å². The van der Waals surface area contributed by atoms with Crippen LogP contribution in [0.3, 0.4) is 0 Å². The predicted octanol–water partition coefficient (Wildman–Crippen LogP) is 4.69. The van der Waals surface area contributed by atoms with Crippen LogP contribution in [0.4, 0.5) is 21.5 Å². The number of nitrogens with one attached hydrogen (secondary N) is 2. The topological polar surface area (TPSA) is 67.4 Å². The number of sulfonamides is 1. The second-order valence-corrected chi connectivity index (χ2v) is 7.63. The Hall–Kier alpha value is -3.06. The average Bonchev–Trinajstić information content (AvgIpc) is 2.66. The fraction of sp³-hybridized carbons (Fsp3) is 0.100. The van der Waals surface area contributed by atoms with Gasteiger partial charge in [0, 0.05) is 17.1 Å². The van der Waals surface area contributed by atoms with Gasteiger partial charge in [-0.3, -0.25) is 4.72 Å². The van der Waals surface area contributed by atoms with Crippen LogP contribution in [0.1, 0.15) is 5.56 Å². The fourth-order valence-electron chi connectivity index (χ4n) is 2.46. The minimum absolute atomic E-state index is 0.0156. The molecular formula is C20H19FN2O3S. The summed E-state index contributed by atoms with van der Waals surface area (Å²) in [6, 6.07) is 18.0. The van der Waals surface area contributed by atoms with Gasteiger partial charge in [0.05, 0.1) is 12.0 Å². The normalized spacial score (nSPS) is 11.1. The predicted molar refractivity (Wildman–Crippen MR) is 105 cm³/mol. The van der Waals surface area contributed by atoms with Crippen LogP contribution >= 0.6 is 0 Å². The minimum atomic E-state index is -3.78.